The van der Waals surface area contributed by atoms with Gasteiger partial charge in [-0.05, 0) is 30.2 Å². The minimum atomic E-state index is -0.833. The number of aliphatic hydroxyl groups is 1. The third kappa shape index (κ3) is 7.19. The lowest BCUT2D eigenvalue weighted by Gasteiger charge is -2.11. The number of carboxylic acids is 1. The zero-order chi connectivity index (χ0) is 19.5. The summed E-state index contributed by atoms with van der Waals surface area (Å²) in [6, 6.07) is 7.82. The van der Waals surface area contributed by atoms with Gasteiger partial charge in [0.25, 0.3) is 5.97 Å². The average Bonchev–Trinajstić information content (AvgIpc) is 2.87. The topological polar surface area (TPSA) is 101 Å². The molecule has 26 heavy (non-hydrogen) atoms. The van der Waals surface area contributed by atoms with Crippen molar-refractivity contribution >= 4 is 23.3 Å². The number of allylic oxidation sites excluding steroid dienone is 1. The molecule has 0 unspecified atom stereocenters. The predicted octanol–water partition coefficient (Wildman–Crippen LogP) is 4.21. The van der Waals surface area contributed by atoms with Crippen LogP contribution in [-0.4, -0.2) is 25.7 Å². The number of aliphatic hydroxyl groups excluding tert-OH is 1. The molecular formula is C19H26ClN3O3. The maximum absolute atomic E-state index is 9.00. The van der Waals surface area contributed by atoms with Crippen LogP contribution in [0.25, 0.3) is 0 Å². The molecule has 0 saturated heterocycles. The van der Waals surface area contributed by atoms with Gasteiger partial charge in [0.05, 0.1) is 12.0 Å². The van der Waals surface area contributed by atoms with Gasteiger partial charge in [-0.25, -0.2) is 4.98 Å². The van der Waals surface area contributed by atoms with Gasteiger partial charge in [-0.15, -0.1) is 0 Å². The molecular weight excluding hydrogens is 354 g/mol. The fraction of sp³-hybridized carbons (Fsp3) is 0.368. The summed E-state index contributed by atoms with van der Waals surface area (Å²) in [7, 11) is 0. The van der Waals surface area contributed by atoms with Gasteiger partial charge in [-0.2, -0.15) is 0 Å². The van der Waals surface area contributed by atoms with Crippen LogP contribution in [0.2, 0.25) is 5.15 Å². The number of nitrogens with two attached hydrogens (primary N) is 1. The molecule has 0 saturated carbocycles. The van der Waals surface area contributed by atoms with E-state index in [2.05, 4.69) is 16.5 Å². The van der Waals surface area contributed by atoms with Crippen molar-refractivity contribution < 1.29 is 15.0 Å². The van der Waals surface area contributed by atoms with E-state index in [9.17, 15) is 0 Å². The summed E-state index contributed by atoms with van der Waals surface area (Å²) in [5.74, 6) is 0.157. The number of aryl methyl sites for hydroxylation is 1. The summed E-state index contributed by atoms with van der Waals surface area (Å²) in [4.78, 5) is 13.5. The minimum absolute atomic E-state index is 0.514. The van der Waals surface area contributed by atoms with Crippen LogP contribution in [0.15, 0.2) is 36.6 Å². The van der Waals surface area contributed by atoms with Crippen molar-refractivity contribution in [3.8, 4) is 0 Å². The highest BCUT2D eigenvalue weighted by Crippen LogP contribution is 2.22. The Kier molecular flexibility index (Phi) is 9.30. The van der Waals surface area contributed by atoms with Crippen LogP contribution in [0.5, 0.6) is 0 Å². The Hall–Kier alpha value is -2.47. The number of carbonyl (C=O) groups is 1. The number of hydrogen-bond donors (Lipinski definition) is 3. The van der Waals surface area contributed by atoms with E-state index in [-0.39, 0.29) is 0 Å². The first-order valence-corrected chi connectivity index (χ1v) is 8.83. The normalized spacial score (nSPS) is 10.6. The Morgan fingerprint density at radius 2 is 1.96 bits per heavy atom. The molecule has 1 heterocycles. The fourth-order valence-electron chi connectivity index (χ4n) is 2.38. The van der Waals surface area contributed by atoms with Crippen molar-refractivity contribution in [2.45, 2.75) is 46.1 Å². The smallest absolute Gasteiger partial charge is 0.300 e. The molecule has 142 valence electrons. The van der Waals surface area contributed by atoms with Gasteiger partial charge < -0.3 is 20.5 Å². The second-order valence-electron chi connectivity index (χ2n) is 5.80. The Labute approximate surface area is 158 Å². The number of hydrogen-bond acceptors (Lipinski definition) is 4. The summed E-state index contributed by atoms with van der Waals surface area (Å²) in [6.45, 7) is 3.94. The van der Waals surface area contributed by atoms with Crippen LogP contribution in [-0.2, 0) is 24.2 Å². The molecule has 2 rings (SSSR count). The number of halogens is 1. The van der Waals surface area contributed by atoms with E-state index in [4.69, 9.17) is 32.3 Å². The van der Waals surface area contributed by atoms with Crippen molar-refractivity contribution in [2.75, 3.05) is 5.73 Å². The third-order valence-electron chi connectivity index (χ3n) is 3.59. The van der Waals surface area contributed by atoms with Gasteiger partial charge >= 0.3 is 0 Å². The van der Waals surface area contributed by atoms with Gasteiger partial charge in [0, 0.05) is 32.0 Å². The number of aliphatic carboxylic acids is 1. The van der Waals surface area contributed by atoms with E-state index < -0.39 is 5.97 Å². The molecule has 7 heteroatoms. The van der Waals surface area contributed by atoms with Crippen molar-refractivity contribution in [3.63, 3.8) is 0 Å². The van der Waals surface area contributed by atoms with E-state index in [1.807, 2.05) is 24.3 Å². The van der Waals surface area contributed by atoms with Crippen LogP contribution in [0.4, 0.5) is 5.69 Å². The Morgan fingerprint density at radius 1 is 1.35 bits per heavy atom. The Balaban J connectivity index is 0.000000765. The SMILES string of the molecule is CC(=O)O.CCCCc1nc(Cl)c(CC=CO)n1Cc1ccc(N)cc1. The first kappa shape index (κ1) is 21.6. The summed E-state index contributed by atoms with van der Waals surface area (Å²) < 4.78 is 2.14. The molecule has 4 N–H and O–H groups in total. The number of imidazole rings is 1. The molecule has 0 spiro atoms. The zero-order valence-corrected chi connectivity index (χ0v) is 15.9. The number of carboxylic acid groups (broad SMARTS) is 1. The molecule has 6 nitrogen and oxygen atoms in total. The van der Waals surface area contributed by atoms with Crippen LogP contribution in [0.1, 0.15) is 43.8 Å². The molecule has 0 amide bonds. The molecule has 0 aliphatic rings. The molecule has 0 bridgehead atoms. The molecule has 0 fully saturated rings. The van der Waals surface area contributed by atoms with Crippen molar-refractivity contribution in [3.05, 3.63) is 58.8 Å². The molecule has 1 aromatic heterocycles. The maximum atomic E-state index is 9.00. The van der Waals surface area contributed by atoms with Crippen LogP contribution < -0.4 is 5.73 Å². The molecule has 0 aliphatic heterocycles. The summed E-state index contributed by atoms with van der Waals surface area (Å²) in [6.07, 6.45) is 6.36. The van der Waals surface area contributed by atoms with Crippen LogP contribution in [0.3, 0.4) is 0 Å². The molecule has 0 aliphatic carbocycles. The van der Waals surface area contributed by atoms with Crippen LogP contribution >= 0.6 is 11.6 Å². The second-order valence-corrected chi connectivity index (χ2v) is 6.16. The van der Waals surface area contributed by atoms with E-state index in [0.29, 0.717) is 18.1 Å². The number of benzene rings is 1. The second kappa shape index (κ2) is 11.2. The number of unbranched alkanes of at least 4 members (excludes halogenated alkanes) is 1. The lowest BCUT2D eigenvalue weighted by atomic mass is 10.2. The molecule has 1 aromatic carbocycles. The lowest BCUT2D eigenvalue weighted by molar-refractivity contribution is -0.134. The highest BCUT2D eigenvalue weighted by molar-refractivity contribution is 6.30. The summed E-state index contributed by atoms with van der Waals surface area (Å²) in [5, 5.41) is 16.8. The standard InChI is InChI=1S/C17H22ClN3O.C2H4O2/c1-2-3-6-16-20-17(18)15(5-4-11-22)21(16)12-13-7-9-14(19)10-8-13;1-2(3)4/h4,7-11,22H,2-3,5-6,12,19H2,1H3;1H3,(H,3,4). The zero-order valence-electron chi connectivity index (χ0n) is 15.2. The van der Waals surface area contributed by atoms with Crippen molar-refractivity contribution in [1.29, 1.82) is 0 Å². The molecule has 0 radical (unpaired) electrons. The fourth-order valence-corrected chi connectivity index (χ4v) is 2.66. The first-order valence-electron chi connectivity index (χ1n) is 8.45. The number of rotatable bonds is 7. The predicted molar refractivity (Wildman–Crippen MR) is 105 cm³/mol. The maximum Gasteiger partial charge on any atom is 0.300 e. The third-order valence-corrected chi connectivity index (χ3v) is 3.90. The van der Waals surface area contributed by atoms with Crippen molar-refractivity contribution in [2.24, 2.45) is 0 Å². The monoisotopic (exact) mass is 379 g/mol. The van der Waals surface area contributed by atoms with E-state index in [0.717, 1.165) is 55.2 Å². The Morgan fingerprint density at radius 3 is 2.50 bits per heavy atom. The largest absolute Gasteiger partial charge is 0.516 e. The number of nitrogens with zero attached hydrogens (tertiary/aromatic N) is 2. The average molecular weight is 380 g/mol. The Bertz CT molecular complexity index is 720. The summed E-state index contributed by atoms with van der Waals surface area (Å²) in [5.41, 5.74) is 8.56. The van der Waals surface area contributed by atoms with Gasteiger partial charge in [0.2, 0.25) is 0 Å². The highest BCUT2D eigenvalue weighted by Gasteiger charge is 2.15. The van der Waals surface area contributed by atoms with E-state index in [1.54, 1.807) is 6.08 Å². The lowest BCUT2D eigenvalue weighted by Crippen LogP contribution is -2.09. The van der Waals surface area contributed by atoms with Crippen molar-refractivity contribution in [1.82, 2.24) is 9.55 Å². The van der Waals surface area contributed by atoms with Crippen LogP contribution in [0, 0.1) is 0 Å². The van der Waals surface area contributed by atoms with Gasteiger partial charge in [-0.3, -0.25) is 4.79 Å². The quantitative estimate of drug-likeness (QED) is 0.494. The highest BCUT2D eigenvalue weighted by atomic mass is 35.5. The molecule has 2 aromatic rings. The van der Waals surface area contributed by atoms with Gasteiger partial charge in [-0.1, -0.05) is 37.1 Å². The number of anilines is 1. The van der Waals surface area contributed by atoms with E-state index >= 15 is 0 Å². The number of nitrogen functional groups attached to an aromatic ring is 1. The van der Waals surface area contributed by atoms with E-state index in [1.165, 1.54) is 0 Å². The minimum Gasteiger partial charge on any atom is -0.516 e. The van der Waals surface area contributed by atoms with Gasteiger partial charge in [0.15, 0.2) is 5.15 Å². The first-order chi connectivity index (χ1) is 12.4. The molecule has 0 atom stereocenters. The van der Waals surface area contributed by atoms with Gasteiger partial charge in [0.1, 0.15) is 5.82 Å². The summed E-state index contributed by atoms with van der Waals surface area (Å²) >= 11 is 6.29. The number of aromatic nitrogens is 2.